The van der Waals surface area contributed by atoms with Crippen LogP contribution in [0.2, 0.25) is 0 Å². The maximum absolute atomic E-state index is 12.9. The SMILES string of the molecule is CCC(C)CCCCCCCCC(=O)OC[C@H](COP(=O)(O)OC[C@H](O)COP(=O)(O)OC[C@@H](COC(=O)CCCCCCCCCCCCC(C)C)OC(=O)CCCCCCCCC(C)C)OC(=O)CCCCCCCCCC(C)C. The molecule has 6 atom stereocenters. The molecule has 0 aliphatic carbocycles. The summed E-state index contributed by atoms with van der Waals surface area (Å²) in [6, 6.07) is 0. The predicted octanol–water partition coefficient (Wildman–Crippen LogP) is 17.0. The number of unbranched alkanes of at least 4 members (excludes halogenated alkanes) is 25. The number of hydrogen-bond donors (Lipinski definition) is 3. The van der Waals surface area contributed by atoms with E-state index < -0.39 is 97.5 Å². The van der Waals surface area contributed by atoms with Crippen molar-refractivity contribution in [3.8, 4) is 0 Å². The standard InChI is InChI=1S/C63H122O17P2/c1-9-56(8)42-34-26-20-22-28-36-44-61(66)74-50-58(79-62(67)45-37-29-18-14-16-24-32-40-54(4)5)51-77-81(69,70)75-47-57(64)48-76-82(71,72)78-52-59(80-63(68)46-38-30-21-19-25-33-41-55(6)7)49-73-60(65)43-35-27-17-13-11-10-12-15-23-31-39-53(2)3/h53-59,64H,9-52H2,1-8H3,(H,69,70)(H,71,72)/t56?,57-,58+,59+/m0/s1. The molecule has 0 aromatic rings. The van der Waals surface area contributed by atoms with Crippen molar-refractivity contribution < 1.29 is 80.2 Å². The second kappa shape index (κ2) is 53.3. The number of phosphoric ester groups is 2. The van der Waals surface area contributed by atoms with Crippen LogP contribution in [0.1, 0.15) is 299 Å². The van der Waals surface area contributed by atoms with Crippen molar-refractivity contribution in [1.29, 1.82) is 0 Å². The van der Waals surface area contributed by atoms with Gasteiger partial charge in [-0.2, -0.15) is 0 Å². The predicted molar refractivity (Wildman–Crippen MR) is 326 cm³/mol. The number of aliphatic hydroxyl groups excluding tert-OH is 1. The highest BCUT2D eigenvalue weighted by atomic mass is 31.2. The molecule has 0 fully saturated rings. The van der Waals surface area contributed by atoms with Crippen LogP contribution in [0.5, 0.6) is 0 Å². The molecule has 0 radical (unpaired) electrons. The Bertz CT molecular complexity index is 1650. The highest BCUT2D eigenvalue weighted by Gasteiger charge is 2.30. The van der Waals surface area contributed by atoms with Crippen LogP contribution in [0.3, 0.4) is 0 Å². The minimum Gasteiger partial charge on any atom is -0.462 e. The molecule has 486 valence electrons. The van der Waals surface area contributed by atoms with E-state index in [1.54, 1.807) is 0 Å². The summed E-state index contributed by atoms with van der Waals surface area (Å²) in [6.45, 7) is 13.9. The molecule has 0 aliphatic rings. The van der Waals surface area contributed by atoms with Crippen molar-refractivity contribution in [3.63, 3.8) is 0 Å². The van der Waals surface area contributed by atoms with Crippen LogP contribution < -0.4 is 0 Å². The van der Waals surface area contributed by atoms with Crippen LogP contribution in [0.4, 0.5) is 0 Å². The molecule has 0 aliphatic heterocycles. The number of carbonyl (C=O) groups excluding carboxylic acids is 4. The van der Waals surface area contributed by atoms with Crippen LogP contribution in [0.25, 0.3) is 0 Å². The van der Waals surface area contributed by atoms with Crippen LogP contribution in [-0.2, 0) is 65.4 Å². The Balaban J connectivity index is 5.23. The Morgan fingerprint density at radius 2 is 0.585 bits per heavy atom. The third kappa shape index (κ3) is 55.9. The number of ether oxygens (including phenoxy) is 4. The summed E-state index contributed by atoms with van der Waals surface area (Å²) in [5.74, 6) is 0.708. The van der Waals surface area contributed by atoms with Gasteiger partial charge in [-0.3, -0.25) is 37.3 Å². The van der Waals surface area contributed by atoms with E-state index in [-0.39, 0.29) is 25.7 Å². The lowest BCUT2D eigenvalue weighted by Gasteiger charge is -2.21. The third-order valence-corrected chi connectivity index (χ3v) is 16.6. The molecule has 0 aromatic heterocycles. The van der Waals surface area contributed by atoms with Crippen molar-refractivity contribution in [2.24, 2.45) is 23.7 Å². The van der Waals surface area contributed by atoms with Crippen molar-refractivity contribution in [3.05, 3.63) is 0 Å². The molecule has 19 heteroatoms. The molecule has 0 saturated heterocycles. The smallest absolute Gasteiger partial charge is 0.462 e. The molecule has 0 rings (SSSR count). The van der Waals surface area contributed by atoms with E-state index in [1.165, 1.54) is 96.3 Å². The van der Waals surface area contributed by atoms with E-state index in [0.717, 1.165) is 108 Å². The minimum absolute atomic E-state index is 0.101. The topological polar surface area (TPSA) is 237 Å². The number of hydrogen-bond acceptors (Lipinski definition) is 15. The number of rotatable bonds is 60. The van der Waals surface area contributed by atoms with Gasteiger partial charge in [0.05, 0.1) is 26.4 Å². The van der Waals surface area contributed by atoms with Crippen molar-refractivity contribution in [2.75, 3.05) is 39.6 Å². The zero-order valence-electron chi connectivity index (χ0n) is 53.1. The molecule has 3 N–H and O–H groups in total. The normalized spacial score (nSPS) is 14.8. The lowest BCUT2D eigenvalue weighted by molar-refractivity contribution is -0.161. The van der Waals surface area contributed by atoms with Crippen LogP contribution in [0, 0.1) is 23.7 Å². The van der Waals surface area contributed by atoms with Crippen molar-refractivity contribution in [2.45, 2.75) is 318 Å². The minimum atomic E-state index is -4.94. The van der Waals surface area contributed by atoms with E-state index in [2.05, 4.69) is 55.4 Å². The van der Waals surface area contributed by atoms with Crippen LogP contribution in [0.15, 0.2) is 0 Å². The fourth-order valence-corrected chi connectivity index (χ4v) is 10.8. The number of phosphoric acid groups is 2. The molecule has 0 saturated carbocycles. The first-order valence-electron chi connectivity index (χ1n) is 32.7. The monoisotopic (exact) mass is 1210 g/mol. The molecule has 0 heterocycles. The second-order valence-electron chi connectivity index (χ2n) is 24.5. The maximum Gasteiger partial charge on any atom is 0.472 e. The second-order valence-corrected chi connectivity index (χ2v) is 27.4. The highest BCUT2D eigenvalue weighted by molar-refractivity contribution is 7.47. The zero-order valence-corrected chi connectivity index (χ0v) is 54.9. The van der Waals surface area contributed by atoms with Gasteiger partial charge in [-0.25, -0.2) is 9.13 Å². The summed E-state index contributed by atoms with van der Waals surface area (Å²) in [5, 5.41) is 10.5. The van der Waals surface area contributed by atoms with Crippen molar-refractivity contribution in [1.82, 2.24) is 0 Å². The van der Waals surface area contributed by atoms with E-state index in [4.69, 9.17) is 37.0 Å². The number of carbonyl (C=O) groups is 4. The Labute approximate surface area is 498 Å². The van der Waals surface area contributed by atoms with Crippen LogP contribution in [-0.4, -0.2) is 96.7 Å². The average Bonchev–Trinajstić information content (AvgIpc) is 3.42. The molecule has 17 nitrogen and oxygen atoms in total. The molecular weight excluding hydrogens is 1090 g/mol. The molecule has 0 amide bonds. The van der Waals surface area contributed by atoms with Gasteiger partial charge in [0.25, 0.3) is 0 Å². The van der Waals surface area contributed by atoms with E-state index >= 15 is 0 Å². The van der Waals surface area contributed by atoms with Gasteiger partial charge >= 0.3 is 39.5 Å². The summed E-state index contributed by atoms with van der Waals surface area (Å²) in [4.78, 5) is 72.1. The van der Waals surface area contributed by atoms with E-state index in [9.17, 15) is 43.2 Å². The summed E-state index contributed by atoms with van der Waals surface area (Å²) >= 11 is 0. The molecule has 0 aromatic carbocycles. The quantitative estimate of drug-likeness (QED) is 0.0222. The number of aliphatic hydroxyl groups is 1. The first-order chi connectivity index (χ1) is 39.1. The lowest BCUT2D eigenvalue weighted by Crippen LogP contribution is -2.30. The van der Waals surface area contributed by atoms with E-state index in [0.29, 0.717) is 37.5 Å². The highest BCUT2D eigenvalue weighted by Crippen LogP contribution is 2.45. The third-order valence-electron chi connectivity index (χ3n) is 14.7. The summed E-state index contributed by atoms with van der Waals surface area (Å²) in [6.07, 6.45) is 32.4. The molecular formula is C63H122O17P2. The first kappa shape index (κ1) is 80.1. The van der Waals surface area contributed by atoms with Gasteiger partial charge in [0, 0.05) is 25.7 Å². The van der Waals surface area contributed by atoms with Crippen molar-refractivity contribution >= 4 is 39.5 Å². The molecule has 0 bridgehead atoms. The summed E-state index contributed by atoms with van der Waals surface area (Å²) in [5.41, 5.74) is 0. The van der Waals surface area contributed by atoms with Gasteiger partial charge in [-0.15, -0.1) is 0 Å². The molecule has 0 spiro atoms. The zero-order chi connectivity index (χ0) is 61.1. The Hall–Kier alpha value is -1.94. The van der Waals surface area contributed by atoms with Gasteiger partial charge in [-0.05, 0) is 49.4 Å². The average molecular weight is 1210 g/mol. The van der Waals surface area contributed by atoms with Crippen LogP contribution >= 0.6 is 15.6 Å². The molecule has 3 unspecified atom stereocenters. The Morgan fingerprint density at radius 1 is 0.341 bits per heavy atom. The fourth-order valence-electron chi connectivity index (χ4n) is 9.22. The van der Waals surface area contributed by atoms with E-state index in [1.807, 2.05) is 0 Å². The van der Waals surface area contributed by atoms with Gasteiger partial charge in [0.15, 0.2) is 12.2 Å². The summed E-state index contributed by atoms with van der Waals surface area (Å²) < 4.78 is 67.9. The Kier molecular flexibility index (Phi) is 52.0. The maximum atomic E-state index is 12.9. The van der Waals surface area contributed by atoms with Gasteiger partial charge in [0.1, 0.15) is 19.3 Å². The lowest BCUT2D eigenvalue weighted by atomic mass is 10.00. The fraction of sp³-hybridized carbons (Fsp3) is 0.937. The first-order valence-corrected chi connectivity index (χ1v) is 35.7. The Morgan fingerprint density at radius 3 is 0.866 bits per heavy atom. The van der Waals surface area contributed by atoms with Gasteiger partial charge in [-0.1, -0.05) is 248 Å². The van der Waals surface area contributed by atoms with Gasteiger partial charge in [0.2, 0.25) is 0 Å². The molecule has 82 heavy (non-hydrogen) atoms. The summed E-state index contributed by atoms with van der Waals surface area (Å²) in [7, 11) is -9.89. The number of esters is 4. The van der Waals surface area contributed by atoms with Gasteiger partial charge < -0.3 is 33.8 Å². The largest absolute Gasteiger partial charge is 0.472 e.